The molecule has 0 bridgehead atoms. The van der Waals surface area contributed by atoms with E-state index < -0.39 is 11.9 Å². The number of halogens is 1. The first-order chi connectivity index (χ1) is 14.7. The normalized spacial score (nSPS) is 11.8. The Morgan fingerprint density at radius 1 is 1.03 bits per heavy atom. The van der Waals surface area contributed by atoms with Gasteiger partial charge in [0.2, 0.25) is 0 Å². The van der Waals surface area contributed by atoms with Crippen molar-refractivity contribution in [3.8, 4) is 23.0 Å². The highest BCUT2D eigenvalue weighted by molar-refractivity contribution is 5.79. The molecule has 0 unspecified atom stereocenters. The van der Waals surface area contributed by atoms with Crippen molar-refractivity contribution in [2.24, 2.45) is 0 Å². The lowest BCUT2D eigenvalue weighted by atomic mass is 9.98. The predicted octanol–water partition coefficient (Wildman–Crippen LogP) is 4.21. The van der Waals surface area contributed by atoms with E-state index in [1.165, 1.54) is 23.3 Å². The fourth-order valence-electron chi connectivity index (χ4n) is 3.67. The van der Waals surface area contributed by atoms with E-state index in [-0.39, 0.29) is 31.2 Å². The largest absolute Gasteiger partial charge is 0.449 e. The van der Waals surface area contributed by atoms with Crippen LogP contribution in [-0.4, -0.2) is 24.4 Å². The second-order valence-electron chi connectivity index (χ2n) is 6.95. The Kier molecular flexibility index (Phi) is 5.78. The van der Waals surface area contributed by atoms with Crippen molar-refractivity contribution in [2.75, 3.05) is 13.2 Å². The zero-order valence-corrected chi connectivity index (χ0v) is 16.2. The summed E-state index contributed by atoms with van der Waals surface area (Å²) < 4.78 is 19.1. The SMILES string of the molecule is O=C(NCC#Cc1ccc(CO)c(F)c1)OCC1c2ccccc2-c2ccccc21. The maximum Gasteiger partial charge on any atom is 0.407 e. The molecule has 0 aromatic heterocycles. The van der Waals surface area contributed by atoms with Crippen molar-refractivity contribution in [1.29, 1.82) is 0 Å². The zero-order valence-electron chi connectivity index (χ0n) is 16.2. The minimum absolute atomic E-state index is 0.00208. The van der Waals surface area contributed by atoms with Crippen LogP contribution in [-0.2, 0) is 11.3 Å². The second-order valence-corrected chi connectivity index (χ2v) is 6.95. The Morgan fingerprint density at radius 3 is 2.33 bits per heavy atom. The van der Waals surface area contributed by atoms with Crippen molar-refractivity contribution < 1.29 is 19.0 Å². The molecule has 150 valence electrons. The molecule has 0 fully saturated rings. The molecule has 4 nitrogen and oxygen atoms in total. The molecule has 0 aliphatic heterocycles. The second kappa shape index (κ2) is 8.81. The molecule has 1 amide bonds. The van der Waals surface area contributed by atoms with Gasteiger partial charge in [0.1, 0.15) is 12.4 Å². The van der Waals surface area contributed by atoms with Gasteiger partial charge in [-0.2, -0.15) is 0 Å². The van der Waals surface area contributed by atoms with E-state index >= 15 is 0 Å². The van der Waals surface area contributed by atoms with Crippen LogP contribution in [0.15, 0.2) is 66.7 Å². The number of fused-ring (bicyclic) bond motifs is 3. The molecule has 0 saturated carbocycles. The Morgan fingerprint density at radius 2 is 1.70 bits per heavy atom. The maximum absolute atomic E-state index is 13.6. The summed E-state index contributed by atoms with van der Waals surface area (Å²) in [6, 6.07) is 20.6. The summed E-state index contributed by atoms with van der Waals surface area (Å²) in [7, 11) is 0. The number of amides is 1. The quantitative estimate of drug-likeness (QED) is 0.644. The van der Waals surface area contributed by atoms with E-state index in [0.29, 0.717) is 5.56 Å². The third-order valence-corrected chi connectivity index (χ3v) is 5.12. The number of hydrogen-bond donors (Lipinski definition) is 2. The van der Waals surface area contributed by atoms with E-state index in [4.69, 9.17) is 9.84 Å². The lowest BCUT2D eigenvalue weighted by Crippen LogP contribution is -2.26. The number of aliphatic hydroxyl groups is 1. The van der Waals surface area contributed by atoms with Crippen LogP contribution < -0.4 is 5.32 Å². The van der Waals surface area contributed by atoms with Gasteiger partial charge in [-0.15, -0.1) is 0 Å². The minimum Gasteiger partial charge on any atom is -0.449 e. The van der Waals surface area contributed by atoms with Crippen LogP contribution in [0.1, 0.15) is 28.2 Å². The molecule has 5 heteroatoms. The summed E-state index contributed by atoms with van der Waals surface area (Å²) in [6.45, 7) is -0.0377. The zero-order chi connectivity index (χ0) is 20.9. The highest BCUT2D eigenvalue weighted by Gasteiger charge is 2.28. The highest BCUT2D eigenvalue weighted by atomic mass is 19.1. The molecule has 1 aliphatic carbocycles. The Hall–Kier alpha value is -3.62. The van der Waals surface area contributed by atoms with Crippen molar-refractivity contribution in [2.45, 2.75) is 12.5 Å². The molecule has 0 saturated heterocycles. The van der Waals surface area contributed by atoms with E-state index in [1.54, 1.807) is 6.07 Å². The van der Waals surface area contributed by atoms with E-state index in [0.717, 1.165) is 11.1 Å². The molecule has 0 radical (unpaired) electrons. The van der Waals surface area contributed by atoms with Gasteiger partial charge in [0.15, 0.2) is 0 Å². The Balaban J connectivity index is 1.33. The number of nitrogens with one attached hydrogen (secondary N) is 1. The third-order valence-electron chi connectivity index (χ3n) is 5.12. The molecule has 0 spiro atoms. The van der Waals surface area contributed by atoms with Crippen molar-refractivity contribution >= 4 is 6.09 Å². The van der Waals surface area contributed by atoms with E-state index in [2.05, 4.69) is 41.4 Å². The average molecular weight is 401 g/mol. The lowest BCUT2D eigenvalue weighted by molar-refractivity contribution is 0.144. The average Bonchev–Trinajstić information content (AvgIpc) is 3.09. The van der Waals surface area contributed by atoms with E-state index in [1.807, 2.05) is 24.3 Å². The fraction of sp³-hybridized carbons (Fsp3) is 0.160. The molecular formula is C25H20FNO3. The number of carbonyl (C=O) groups is 1. The Labute approximate surface area is 174 Å². The maximum atomic E-state index is 13.6. The molecule has 3 aromatic carbocycles. The summed E-state index contributed by atoms with van der Waals surface area (Å²) in [6.07, 6.45) is -0.548. The number of ether oxygens (including phenoxy) is 1. The van der Waals surface area contributed by atoms with Crippen LogP contribution in [0.5, 0.6) is 0 Å². The standard InChI is InChI=1S/C25H20FNO3/c26-24-14-17(11-12-18(24)15-28)6-5-13-27-25(29)30-16-23-21-9-3-1-7-19(21)20-8-2-4-10-22(20)23/h1-4,7-12,14,23,28H,13,15-16H2,(H,27,29). The van der Waals surface area contributed by atoms with Gasteiger partial charge >= 0.3 is 6.09 Å². The molecule has 2 N–H and O–H groups in total. The molecule has 30 heavy (non-hydrogen) atoms. The van der Waals surface area contributed by atoms with Crippen LogP contribution in [0.25, 0.3) is 11.1 Å². The summed E-state index contributed by atoms with van der Waals surface area (Å²) in [5.41, 5.74) is 5.34. The fourth-order valence-corrected chi connectivity index (χ4v) is 3.67. The van der Waals surface area contributed by atoms with Gasteiger partial charge in [-0.3, -0.25) is 0 Å². The lowest BCUT2D eigenvalue weighted by Gasteiger charge is -2.14. The van der Waals surface area contributed by atoms with Crippen LogP contribution >= 0.6 is 0 Å². The number of rotatable bonds is 4. The summed E-state index contributed by atoms with van der Waals surface area (Å²) >= 11 is 0. The molecular weight excluding hydrogens is 381 g/mol. The van der Waals surface area contributed by atoms with Gasteiger partial charge in [-0.25, -0.2) is 9.18 Å². The topological polar surface area (TPSA) is 58.6 Å². The molecule has 3 aromatic rings. The van der Waals surface area contributed by atoms with E-state index in [9.17, 15) is 9.18 Å². The van der Waals surface area contributed by atoms with Crippen LogP contribution in [0.2, 0.25) is 0 Å². The third kappa shape index (κ3) is 4.05. The molecule has 0 heterocycles. The molecule has 0 atom stereocenters. The van der Waals surface area contributed by atoms with Gasteiger partial charge in [-0.05, 0) is 34.4 Å². The van der Waals surface area contributed by atoms with Crippen LogP contribution in [0.3, 0.4) is 0 Å². The molecule has 4 rings (SSSR count). The number of aliphatic hydroxyl groups excluding tert-OH is 1. The first-order valence-corrected chi connectivity index (χ1v) is 9.64. The number of benzene rings is 3. The first kappa shape index (κ1) is 19.7. The predicted molar refractivity (Wildman–Crippen MR) is 112 cm³/mol. The number of alkyl carbamates (subject to hydrolysis) is 1. The van der Waals surface area contributed by atoms with Gasteiger partial charge in [0, 0.05) is 17.0 Å². The highest BCUT2D eigenvalue weighted by Crippen LogP contribution is 2.44. The first-order valence-electron chi connectivity index (χ1n) is 9.64. The van der Waals surface area contributed by atoms with Gasteiger partial charge in [0.05, 0.1) is 13.2 Å². The van der Waals surface area contributed by atoms with Crippen molar-refractivity contribution in [3.63, 3.8) is 0 Å². The van der Waals surface area contributed by atoms with Gasteiger partial charge in [0.25, 0.3) is 0 Å². The van der Waals surface area contributed by atoms with Gasteiger partial charge < -0.3 is 15.2 Å². The monoisotopic (exact) mass is 401 g/mol. The summed E-state index contributed by atoms with van der Waals surface area (Å²) in [5, 5.41) is 11.6. The number of carbonyl (C=O) groups excluding carboxylic acids is 1. The smallest absolute Gasteiger partial charge is 0.407 e. The Bertz CT molecular complexity index is 1100. The van der Waals surface area contributed by atoms with Crippen molar-refractivity contribution in [1.82, 2.24) is 5.32 Å². The molecule has 1 aliphatic rings. The number of hydrogen-bond acceptors (Lipinski definition) is 3. The summed E-state index contributed by atoms with van der Waals surface area (Å²) in [5.74, 6) is 5.04. The van der Waals surface area contributed by atoms with Crippen LogP contribution in [0, 0.1) is 17.7 Å². The van der Waals surface area contributed by atoms with Crippen LogP contribution in [0.4, 0.5) is 9.18 Å². The van der Waals surface area contributed by atoms with Crippen molar-refractivity contribution in [3.05, 3.63) is 94.8 Å². The minimum atomic E-state index is -0.548. The van der Waals surface area contributed by atoms with Gasteiger partial charge in [-0.1, -0.05) is 66.4 Å². The summed E-state index contributed by atoms with van der Waals surface area (Å²) in [4.78, 5) is 12.1.